The van der Waals surface area contributed by atoms with E-state index in [1.165, 1.54) is 98.3 Å². The van der Waals surface area contributed by atoms with Crippen LogP contribution in [0.2, 0.25) is 0 Å². The van der Waals surface area contributed by atoms with Crippen molar-refractivity contribution in [3.8, 4) is 125 Å². The van der Waals surface area contributed by atoms with Crippen molar-refractivity contribution < 1.29 is 112 Å². The number of nitrogens with zero attached hydrogens (tertiary/aromatic N) is 4. The fourth-order valence-corrected chi connectivity index (χ4v) is 17.8. The van der Waals surface area contributed by atoms with Crippen molar-refractivity contribution in [1.29, 1.82) is 0 Å². The minimum atomic E-state index is -1.51. The summed E-state index contributed by atoms with van der Waals surface area (Å²) in [6.45, 7) is 21.1. The van der Waals surface area contributed by atoms with Crippen molar-refractivity contribution in [3.63, 3.8) is 0 Å². The Morgan fingerprint density at radius 2 is 0.644 bits per heavy atom. The number of rotatable bonds is 29. The molecule has 0 aliphatic carbocycles. The van der Waals surface area contributed by atoms with E-state index in [2.05, 4.69) is 62.8 Å². The van der Waals surface area contributed by atoms with Gasteiger partial charge in [0.25, 0.3) is 33.4 Å². The Kier molecular flexibility index (Phi) is 37.7. The Bertz CT molecular complexity index is 7130. The number of aromatic nitrogens is 6. The molecule has 774 valence electrons. The van der Waals surface area contributed by atoms with Crippen LogP contribution in [-0.2, 0) is 38.5 Å². The molecule has 146 heavy (non-hydrogen) atoms. The predicted molar refractivity (Wildman–Crippen MR) is 552 cm³/mol. The number of carboxylic acids is 6. The molecule has 0 amide bonds. The molecular formula is C107H121FN10O28. The van der Waals surface area contributed by atoms with Crippen LogP contribution in [0, 0.1) is 19.7 Å². The summed E-state index contributed by atoms with van der Waals surface area (Å²) in [5.74, 6) is -7.28. The number of carbonyl (C=O) groups is 6. The standard InChI is InChI=1S/C19H22N2O4.C19H22N2O3.C18H19FN2O3.C17H20N2O4.2C17H19NO7/c1-3-13-16(20-18(23)15(17(13)22)19(24)25)14-7-6-12(10-11(14)2)21-8-4-5-9-21;1-3-13-11-16(19(23)24)18(22)20-17(13)15-7-6-14(10-12(15)2)21-8-4-5-9-21;1-2-11-9-14(18(23)24)17(22)20-16(11)13-6-5-12(10-15(13)19)21-7-3-4-8-21;1-5-10-8-13(17(21)22)16(20)18-15(10)12-7-6-11(23-4)9-14(12)19(2)3;1-5-9-14(18-16(20)13(15(9)19)17(21)22)12-10(24-3)6-8(23-2)7-11(12)25-4;1-5-8-12(18-16(20)11(13(8)19)17(21)22)9-6-7-10(23-2)15(25-4)14(9)24-3/h6-7,10H,3-5,8-9H2,1-2H3,(H,24,25)(H2,20,22,23);6-7,10-11H,3-5,8-9H2,1-2H3,(H,20,22)(H,23,24);5-6,9-10H,2-4,7-8H2,1H3,(H,20,22)(H,23,24);6-9H,5H2,1-4H3,(H,18,20)(H,21,22);2*6-7H,5H2,1-4H3,(H,21,22)(H2,18,19,20). The highest BCUT2D eigenvalue weighted by Gasteiger charge is 2.32. The van der Waals surface area contributed by atoms with E-state index in [0.29, 0.717) is 99.5 Å². The fraction of sp³-hybridized carbons (Fsp3) is 0.327. The van der Waals surface area contributed by atoms with Crippen LogP contribution in [-0.4, -0.2) is 215 Å². The summed E-state index contributed by atoms with van der Waals surface area (Å²) in [5, 5.41) is 85.6. The third-order valence-corrected chi connectivity index (χ3v) is 25.3. The van der Waals surface area contributed by atoms with Gasteiger partial charge < -0.3 is 129 Å². The minimum Gasteiger partial charge on any atom is -0.506 e. The van der Waals surface area contributed by atoms with Crippen LogP contribution in [0.15, 0.2) is 144 Å². The van der Waals surface area contributed by atoms with Crippen LogP contribution in [0.1, 0.15) is 187 Å². The zero-order chi connectivity index (χ0) is 107. The van der Waals surface area contributed by atoms with Gasteiger partial charge in [0.2, 0.25) is 5.75 Å². The highest BCUT2D eigenvalue weighted by Crippen LogP contribution is 2.48. The first-order chi connectivity index (χ1) is 69.6. The molecule has 3 aliphatic heterocycles. The zero-order valence-electron chi connectivity index (χ0n) is 84.1. The number of anilines is 4. The monoisotopic (exact) mass is 2010 g/mol. The SMILES string of the molecule is CCc1c(-c2c(OC)cc(OC)cc2OC)[nH]c(=O)c(C(=O)O)c1O.CCc1c(-c2ccc(N3CCCC3)cc2C)[nH]c(=O)c(C(=O)O)c1O.CCc1c(-c2ccc(OC)c(OC)c2OC)[nH]c(=O)c(C(=O)O)c1O.CCc1cc(C(=O)O)c(=O)[nH]c1-c1ccc(N2CCCC2)cc1C.CCc1cc(C(=O)O)c(=O)[nH]c1-c1ccc(N2CCCC2)cc1F.CCc1cc(C(=O)O)c(=O)[nH]c1-c1ccc(OC)cc1N(C)C. The van der Waals surface area contributed by atoms with E-state index in [-0.39, 0.29) is 63.4 Å². The number of ether oxygens (including phenoxy) is 7. The first-order valence-corrected chi connectivity index (χ1v) is 47.0. The van der Waals surface area contributed by atoms with E-state index in [1.807, 2.05) is 103 Å². The van der Waals surface area contributed by atoms with Gasteiger partial charge in [-0.15, -0.1) is 0 Å². The Morgan fingerprint density at radius 1 is 0.329 bits per heavy atom. The van der Waals surface area contributed by atoms with Gasteiger partial charge in [0.05, 0.1) is 89.5 Å². The van der Waals surface area contributed by atoms with Crippen LogP contribution < -0.4 is 86.1 Å². The average Bonchev–Trinajstić information content (AvgIpc) is 0.844. The number of aromatic carboxylic acids is 6. The molecule has 39 heteroatoms. The van der Waals surface area contributed by atoms with Crippen molar-refractivity contribution in [1.82, 2.24) is 29.9 Å². The highest BCUT2D eigenvalue weighted by atomic mass is 19.1. The maximum Gasteiger partial charge on any atom is 0.345 e. The molecule has 0 unspecified atom stereocenters. The van der Waals surface area contributed by atoms with Crippen LogP contribution in [0.4, 0.5) is 27.1 Å². The molecule has 0 atom stereocenters. The van der Waals surface area contributed by atoms with Crippen molar-refractivity contribution >= 4 is 58.6 Å². The molecular weight excluding hydrogens is 1890 g/mol. The lowest BCUT2D eigenvalue weighted by atomic mass is 9.97. The second-order valence-corrected chi connectivity index (χ2v) is 34.1. The molecule has 12 aromatic rings. The van der Waals surface area contributed by atoms with Gasteiger partial charge in [0.1, 0.15) is 62.8 Å². The minimum absolute atomic E-state index is 0.207. The number of benzene rings is 6. The smallest absolute Gasteiger partial charge is 0.345 e. The predicted octanol–water partition coefficient (Wildman–Crippen LogP) is 15.6. The Hall–Kier alpha value is -17.0. The van der Waals surface area contributed by atoms with E-state index in [1.54, 1.807) is 51.3 Å². The number of aromatic hydroxyl groups is 3. The van der Waals surface area contributed by atoms with E-state index in [9.17, 15) is 77.2 Å². The lowest BCUT2D eigenvalue weighted by Crippen LogP contribution is -2.20. The third kappa shape index (κ3) is 24.5. The molecule has 3 aliphatic rings. The van der Waals surface area contributed by atoms with Gasteiger partial charge in [-0.3, -0.25) is 28.8 Å². The summed E-state index contributed by atoms with van der Waals surface area (Å²) in [6.07, 6.45) is 9.76. The quantitative estimate of drug-likeness (QED) is 0.0207. The molecule has 38 nitrogen and oxygen atoms in total. The van der Waals surface area contributed by atoms with Crippen LogP contribution in [0.3, 0.4) is 0 Å². The molecule has 0 radical (unpaired) electrons. The molecule has 15 N–H and O–H groups in total. The molecule has 6 aromatic carbocycles. The van der Waals surface area contributed by atoms with Crippen LogP contribution >= 0.6 is 0 Å². The number of H-pyrrole nitrogens is 6. The molecule has 3 saturated heterocycles. The zero-order valence-corrected chi connectivity index (χ0v) is 84.1. The van der Waals surface area contributed by atoms with Crippen molar-refractivity contribution in [2.75, 3.05) is 123 Å². The molecule has 3 fully saturated rings. The number of aryl methyl sites for hydroxylation is 5. The van der Waals surface area contributed by atoms with Crippen LogP contribution in [0.25, 0.3) is 67.5 Å². The summed E-state index contributed by atoms with van der Waals surface area (Å²) in [7, 11) is 14.1. The average molecular weight is 2010 g/mol. The number of aromatic amines is 6. The third-order valence-electron chi connectivity index (χ3n) is 25.3. The first-order valence-electron chi connectivity index (χ1n) is 47.0. The van der Waals surface area contributed by atoms with Gasteiger partial charge in [0, 0.05) is 139 Å². The molecule has 0 bridgehead atoms. The number of methoxy groups -OCH3 is 7. The Labute approximate surface area is 837 Å². The van der Waals surface area contributed by atoms with Gasteiger partial charge in [0.15, 0.2) is 28.2 Å². The lowest BCUT2D eigenvalue weighted by molar-refractivity contribution is 0.0680. The lowest BCUT2D eigenvalue weighted by Gasteiger charge is -2.20. The summed E-state index contributed by atoms with van der Waals surface area (Å²) in [6, 6.07) is 33.5. The van der Waals surface area contributed by atoms with Gasteiger partial charge in [-0.05, 0) is 204 Å². The van der Waals surface area contributed by atoms with Crippen molar-refractivity contribution in [3.05, 3.63) is 261 Å². The molecule has 0 spiro atoms. The van der Waals surface area contributed by atoms with E-state index in [4.69, 9.17) is 63.8 Å². The fourth-order valence-electron chi connectivity index (χ4n) is 17.8. The second kappa shape index (κ2) is 49.6. The molecule has 9 heterocycles. The number of carboxylic acid groups (broad SMARTS) is 6. The van der Waals surface area contributed by atoms with E-state index < -0.39 is 109 Å². The van der Waals surface area contributed by atoms with E-state index in [0.717, 1.165) is 114 Å². The number of hydrogen-bond donors (Lipinski definition) is 15. The molecule has 0 saturated carbocycles. The second-order valence-electron chi connectivity index (χ2n) is 34.1. The molecule has 6 aromatic heterocycles. The maximum atomic E-state index is 14.6. The summed E-state index contributed by atoms with van der Waals surface area (Å²) in [4.78, 5) is 164. The Balaban J connectivity index is 0.000000180. The normalized spacial score (nSPS) is 12.3. The first kappa shape index (κ1) is 111. The number of halogens is 1. The number of nitrogens with one attached hydrogen (secondary N) is 6. The molecule has 15 rings (SSSR count). The summed E-state index contributed by atoms with van der Waals surface area (Å²) in [5.41, 5.74) is 8.33. The number of hydrogen-bond acceptors (Lipinski definition) is 26. The summed E-state index contributed by atoms with van der Waals surface area (Å²) >= 11 is 0. The highest BCUT2D eigenvalue weighted by molar-refractivity contribution is 5.96. The largest absolute Gasteiger partial charge is 0.506 e. The Morgan fingerprint density at radius 3 is 0.966 bits per heavy atom. The van der Waals surface area contributed by atoms with Crippen molar-refractivity contribution in [2.45, 2.75) is 132 Å². The topological polar surface area (TPSA) is 559 Å². The van der Waals surface area contributed by atoms with Crippen LogP contribution in [0.5, 0.6) is 57.5 Å². The summed E-state index contributed by atoms with van der Waals surface area (Å²) < 4.78 is 51.7. The van der Waals surface area contributed by atoms with Gasteiger partial charge >= 0.3 is 35.8 Å². The maximum absolute atomic E-state index is 14.6. The number of pyridine rings is 6. The van der Waals surface area contributed by atoms with Gasteiger partial charge in [-0.25, -0.2) is 33.2 Å². The van der Waals surface area contributed by atoms with Gasteiger partial charge in [-0.2, -0.15) is 0 Å². The van der Waals surface area contributed by atoms with E-state index >= 15 is 0 Å². The van der Waals surface area contributed by atoms with Crippen molar-refractivity contribution in [2.24, 2.45) is 0 Å². The van der Waals surface area contributed by atoms with Gasteiger partial charge in [-0.1, -0.05) is 53.7 Å².